The van der Waals surface area contributed by atoms with Crippen molar-refractivity contribution in [2.75, 3.05) is 13.1 Å². The molecule has 4 nitrogen and oxygen atoms in total. The van der Waals surface area contributed by atoms with Gasteiger partial charge in [-0.25, -0.2) is 5.43 Å². The lowest BCUT2D eigenvalue weighted by Gasteiger charge is -2.38. The van der Waals surface area contributed by atoms with Crippen LogP contribution in [0.5, 0.6) is 0 Å². The molecule has 1 N–H and O–H groups in total. The maximum Gasteiger partial charge on any atom is 0.252 e. The van der Waals surface area contributed by atoms with Crippen LogP contribution in [0.2, 0.25) is 0 Å². The lowest BCUT2D eigenvalue weighted by molar-refractivity contribution is -0.128. The van der Waals surface area contributed by atoms with Crippen LogP contribution in [0.1, 0.15) is 24.0 Å². The van der Waals surface area contributed by atoms with E-state index in [1.165, 1.54) is 5.56 Å². The zero-order valence-corrected chi connectivity index (χ0v) is 13.6. The van der Waals surface area contributed by atoms with E-state index in [1.54, 1.807) is 0 Å². The molecule has 122 valence electrons. The van der Waals surface area contributed by atoms with Crippen LogP contribution >= 0.6 is 0 Å². The van der Waals surface area contributed by atoms with E-state index < -0.39 is 5.41 Å². The fourth-order valence-corrected chi connectivity index (χ4v) is 3.76. The van der Waals surface area contributed by atoms with Gasteiger partial charge in [0.1, 0.15) is 0 Å². The van der Waals surface area contributed by atoms with Crippen LogP contribution in [0.3, 0.4) is 0 Å². The quantitative estimate of drug-likeness (QED) is 0.945. The molecule has 0 saturated carbocycles. The van der Waals surface area contributed by atoms with Gasteiger partial charge in [-0.2, -0.15) is 5.10 Å². The third kappa shape index (κ3) is 2.63. The number of likely N-dealkylation sites (tertiary alicyclic amines) is 1. The molecule has 0 radical (unpaired) electrons. The molecule has 0 atom stereocenters. The van der Waals surface area contributed by atoms with Gasteiger partial charge < -0.3 is 0 Å². The summed E-state index contributed by atoms with van der Waals surface area (Å²) in [7, 11) is 0. The van der Waals surface area contributed by atoms with Crippen molar-refractivity contribution in [1.82, 2.24) is 10.3 Å². The smallest absolute Gasteiger partial charge is 0.252 e. The van der Waals surface area contributed by atoms with Crippen LogP contribution in [0.15, 0.2) is 65.8 Å². The normalized spacial score (nSPS) is 20.0. The molecule has 0 unspecified atom stereocenters. The second kappa shape index (κ2) is 6.21. The molecule has 1 spiro atoms. The van der Waals surface area contributed by atoms with Crippen LogP contribution in [0, 0.1) is 5.41 Å². The molecule has 2 aliphatic heterocycles. The number of hydrogen-bond donors (Lipinski definition) is 1. The Morgan fingerprint density at radius 2 is 1.58 bits per heavy atom. The van der Waals surface area contributed by atoms with Crippen molar-refractivity contribution in [2.24, 2.45) is 10.5 Å². The summed E-state index contributed by atoms with van der Waals surface area (Å²) in [6, 6.07) is 20.6. The van der Waals surface area contributed by atoms with Crippen molar-refractivity contribution in [3.63, 3.8) is 0 Å². The molecule has 2 aliphatic rings. The average molecular weight is 319 g/mol. The largest absolute Gasteiger partial charge is 0.299 e. The number of benzene rings is 2. The van der Waals surface area contributed by atoms with E-state index >= 15 is 0 Å². The first-order valence-corrected chi connectivity index (χ1v) is 8.48. The Morgan fingerprint density at radius 3 is 2.25 bits per heavy atom. The highest BCUT2D eigenvalue weighted by Gasteiger charge is 2.49. The van der Waals surface area contributed by atoms with Crippen molar-refractivity contribution in [3.8, 4) is 0 Å². The van der Waals surface area contributed by atoms with Gasteiger partial charge in [0.25, 0.3) is 5.91 Å². The van der Waals surface area contributed by atoms with Crippen molar-refractivity contribution >= 4 is 11.6 Å². The first-order valence-electron chi connectivity index (χ1n) is 8.48. The fraction of sp³-hybridized carbons (Fsp3) is 0.300. The Bertz CT molecular complexity index is 747. The minimum Gasteiger partial charge on any atom is -0.299 e. The van der Waals surface area contributed by atoms with Crippen molar-refractivity contribution < 1.29 is 4.79 Å². The van der Waals surface area contributed by atoms with E-state index in [0.29, 0.717) is 0 Å². The Morgan fingerprint density at radius 1 is 0.958 bits per heavy atom. The minimum absolute atomic E-state index is 0.0562. The van der Waals surface area contributed by atoms with Gasteiger partial charge in [-0.1, -0.05) is 60.7 Å². The highest BCUT2D eigenvalue weighted by atomic mass is 16.2. The predicted molar refractivity (Wildman–Crippen MR) is 94.5 cm³/mol. The van der Waals surface area contributed by atoms with Crippen LogP contribution in [0.4, 0.5) is 0 Å². The summed E-state index contributed by atoms with van der Waals surface area (Å²) in [6.07, 6.45) is 1.64. The number of carbonyl (C=O) groups excluding carboxylic acids is 1. The van der Waals surface area contributed by atoms with Crippen LogP contribution in [-0.2, 0) is 11.3 Å². The summed E-state index contributed by atoms with van der Waals surface area (Å²) in [5.41, 5.74) is 5.54. The number of nitrogens with one attached hydrogen (secondary N) is 1. The topological polar surface area (TPSA) is 44.7 Å². The van der Waals surface area contributed by atoms with Gasteiger partial charge in [0.2, 0.25) is 0 Å². The van der Waals surface area contributed by atoms with Crippen molar-refractivity contribution in [1.29, 1.82) is 0 Å². The fourth-order valence-electron chi connectivity index (χ4n) is 3.76. The molecule has 2 aromatic carbocycles. The molecule has 1 fully saturated rings. The van der Waals surface area contributed by atoms with Gasteiger partial charge in [0.05, 0.1) is 11.1 Å². The summed E-state index contributed by atoms with van der Waals surface area (Å²) >= 11 is 0. The zero-order chi connectivity index (χ0) is 16.4. The van der Waals surface area contributed by atoms with Gasteiger partial charge >= 0.3 is 0 Å². The average Bonchev–Trinajstić information content (AvgIpc) is 2.95. The first-order chi connectivity index (χ1) is 11.8. The summed E-state index contributed by atoms with van der Waals surface area (Å²) in [4.78, 5) is 15.0. The Hall–Kier alpha value is -2.46. The molecule has 2 aromatic rings. The monoisotopic (exact) mass is 319 g/mol. The predicted octanol–water partition coefficient (Wildman–Crippen LogP) is 2.80. The lowest BCUT2D eigenvalue weighted by Crippen LogP contribution is -2.48. The number of hydrazone groups is 1. The Balaban J connectivity index is 1.50. The van der Waals surface area contributed by atoms with Gasteiger partial charge in [-0.15, -0.1) is 0 Å². The summed E-state index contributed by atoms with van der Waals surface area (Å²) < 4.78 is 0. The molecule has 0 bridgehead atoms. The SMILES string of the molecule is O=C1NN=C(c2ccccc2)C12CCN(Cc1ccccc1)CC2. The Labute approximate surface area is 142 Å². The highest BCUT2D eigenvalue weighted by molar-refractivity contribution is 6.19. The van der Waals surface area contributed by atoms with Gasteiger partial charge in [-0.05, 0) is 37.1 Å². The number of nitrogens with zero attached hydrogens (tertiary/aromatic N) is 2. The molecule has 0 aromatic heterocycles. The molecular weight excluding hydrogens is 298 g/mol. The number of amides is 1. The number of hydrogen-bond acceptors (Lipinski definition) is 3. The van der Waals surface area contributed by atoms with Crippen LogP contribution in [0.25, 0.3) is 0 Å². The second-order valence-corrected chi connectivity index (χ2v) is 6.61. The zero-order valence-electron chi connectivity index (χ0n) is 13.6. The number of piperidine rings is 1. The van der Waals surface area contributed by atoms with Gasteiger partial charge in [0, 0.05) is 6.54 Å². The maximum atomic E-state index is 12.6. The van der Waals surface area contributed by atoms with Crippen LogP contribution in [-0.4, -0.2) is 29.6 Å². The third-order valence-electron chi connectivity index (χ3n) is 5.16. The first kappa shape index (κ1) is 15.1. The van der Waals surface area contributed by atoms with E-state index in [0.717, 1.165) is 43.8 Å². The van der Waals surface area contributed by atoms with Crippen molar-refractivity contribution in [3.05, 3.63) is 71.8 Å². The van der Waals surface area contributed by atoms with E-state index in [2.05, 4.69) is 39.7 Å². The molecule has 4 rings (SSSR count). The summed E-state index contributed by atoms with van der Waals surface area (Å²) in [6.45, 7) is 2.76. The second-order valence-electron chi connectivity index (χ2n) is 6.61. The Kier molecular flexibility index (Phi) is 3.90. The van der Waals surface area contributed by atoms with E-state index in [1.807, 2.05) is 36.4 Å². The maximum absolute atomic E-state index is 12.6. The number of rotatable bonds is 3. The van der Waals surface area contributed by atoms with Gasteiger partial charge in [-0.3, -0.25) is 9.69 Å². The van der Waals surface area contributed by atoms with E-state index in [4.69, 9.17) is 0 Å². The summed E-state index contributed by atoms with van der Waals surface area (Å²) in [5, 5.41) is 4.37. The molecule has 24 heavy (non-hydrogen) atoms. The molecule has 0 aliphatic carbocycles. The standard InChI is InChI=1S/C20H21N3O/c24-19-20(18(21-22-19)17-9-5-2-6-10-17)11-13-23(14-12-20)15-16-7-3-1-4-8-16/h1-10H,11-15H2,(H,22,24). The third-order valence-corrected chi connectivity index (χ3v) is 5.16. The molecule has 2 heterocycles. The lowest BCUT2D eigenvalue weighted by atomic mass is 9.72. The molecule has 1 saturated heterocycles. The molecule has 4 heteroatoms. The van der Waals surface area contributed by atoms with E-state index in [9.17, 15) is 4.79 Å². The number of carbonyl (C=O) groups is 1. The van der Waals surface area contributed by atoms with Crippen LogP contribution < -0.4 is 5.43 Å². The van der Waals surface area contributed by atoms with E-state index in [-0.39, 0.29) is 5.91 Å². The van der Waals surface area contributed by atoms with Gasteiger partial charge in [0.15, 0.2) is 0 Å². The molecular formula is C20H21N3O. The summed E-state index contributed by atoms with van der Waals surface area (Å²) in [5.74, 6) is 0.0562. The van der Waals surface area contributed by atoms with Crippen molar-refractivity contribution in [2.45, 2.75) is 19.4 Å². The minimum atomic E-state index is -0.464. The highest BCUT2D eigenvalue weighted by Crippen LogP contribution is 2.38. The molecule has 1 amide bonds.